The van der Waals surface area contributed by atoms with Crippen LogP contribution in [-0.2, 0) is 9.53 Å². The number of rotatable bonds is 3. The monoisotopic (exact) mass is 426 g/mol. The Labute approximate surface area is 176 Å². The van der Waals surface area contributed by atoms with Crippen LogP contribution in [0.1, 0.15) is 50.4 Å². The molecule has 1 fully saturated rings. The Balaban J connectivity index is 2.00. The molecule has 2 aliphatic rings. The normalized spacial score (nSPS) is 19.2. The lowest BCUT2D eigenvalue weighted by Gasteiger charge is -2.31. The van der Waals surface area contributed by atoms with Crippen LogP contribution in [0, 0.1) is 29.9 Å². The van der Waals surface area contributed by atoms with Crippen LogP contribution in [0.3, 0.4) is 0 Å². The lowest BCUT2D eigenvalue weighted by Crippen LogP contribution is -2.32. The molecule has 6 nitrogen and oxygen atoms in total. The van der Waals surface area contributed by atoms with E-state index in [4.69, 9.17) is 9.15 Å². The average Bonchev–Trinajstić information content (AvgIpc) is 2.66. The third-order valence-corrected chi connectivity index (χ3v) is 5.78. The van der Waals surface area contributed by atoms with Crippen LogP contribution in [0.5, 0.6) is 0 Å². The van der Waals surface area contributed by atoms with Crippen molar-refractivity contribution in [2.45, 2.75) is 52.1 Å². The summed E-state index contributed by atoms with van der Waals surface area (Å²) in [5, 5.41) is 12.3. The van der Waals surface area contributed by atoms with Gasteiger partial charge in [0.15, 0.2) is 17.1 Å². The number of carbonyl (C=O) groups excluding carboxylic acids is 1. The number of halogens is 2. The molecule has 1 aliphatic heterocycles. The fraction of sp³-hybridized carbons (Fsp3) is 0.348. The van der Waals surface area contributed by atoms with Gasteiger partial charge in [0.05, 0.1) is 23.1 Å². The van der Waals surface area contributed by atoms with Gasteiger partial charge in [0.2, 0.25) is 0 Å². The van der Waals surface area contributed by atoms with Crippen LogP contribution in [0.25, 0.3) is 11.0 Å². The van der Waals surface area contributed by atoms with E-state index < -0.39 is 34.3 Å². The molecule has 0 radical (unpaired) electrons. The quantitative estimate of drug-likeness (QED) is 0.739. The highest BCUT2D eigenvalue weighted by Crippen LogP contribution is 2.42. The number of ether oxygens (including phenoxy) is 1. The summed E-state index contributed by atoms with van der Waals surface area (Å²) in [4.78, 5) is 25.5. The van der Waals surface area contributed by atoms with Crippen molar-refractivity contribution in [1.82, 2.24) is 5.32 Å². The largest absolute Gasteiger partial charge is 0.461 e. The van der Waals surface area contributed by atoms with Crippen molar-refractivity contribution < 1.29 is 22.7 Å². The van der Waals surface area contributed by atoms with Crippen molar-refractivity contribution in [1.29, 1.82) is 5.26 Å². The van der Waals surface area contributed by atoms with E-state index >= 15 is 0 Å². The molecule has 2 heterocycles. The zero-order chi connectivity index (χ0) is 22.4. The van der Waals surface area contributed by atoms with Crippen LogP contribution in [-0.4, -0.2) is 12.1 Å². The Bertz CT molecular complexity index is 1280. The zero-order valence-corrected chi connectivity index (χ0v) is 17.3. The summed E-state index contributed by atoms with van der Waals surface area (Å²) < 4.78 is 40.3. The fourth-order valence-electron chi connectivity index (χ4n) is 4.05. The number of hydrogen-bond donors (Lipinski definition) is 1. The molecule has 0 saturated heterocycles. The van der Waals surface area contributed by atoms with Gasteiger partial charge in [-0.2, -0.15) is 5.26 Å². The number of fused-ring (bicyclic) bond motifs is 1. The third kappa shape index (κ3) is 3.40. The van der Waals surface area contributed by atoms with Crippen LogP contribution in [0.2, 0.25) is 0 Å². The van der Waals surface area contributed by atoms with Gasteiger partial charge in [-0.1, -0.05) is 0 Å². The predicted octanol–water partition coefficient (Wildman–Crippen LogP) is 4.23. The molecule has 0 spiro atoms. The highest BCUT2D eigenvalue weighted by atomic mass is 19.2. The van der Waals surface area contributed by atoms with E-state index in [0.717, 1.165) is 31.4 Å². The minimum atomic E-state index is -1.33. The number of esters is 1. The van der Waals surface area contributed by atoms with Crippen molar-refractivity contribution in [3.63, 3.8) is 0 Å². The molecule has 0 amide bonds. The summed E-state index contributed by atoms with van der Waals surface area (Å²) in [6, 6.07) is 4.00. The van der Waals surface area contributed by atoms with E-state index in [2.05, 4.69) is 11.4 Å². The second kappa shape index (κ2) is 7.65. The van der Waals surface area contributed by atoms with E-state index in [-0.39, 0.29) is 34.2 Å². The molecule has 31 heavy (non-hydrogen) atoms. The smallest absolute Gasteiger partial charge is 0.337 e. The van der Waals surface area contributed by atoms with Crippen molar-refractivity contribution in [3.8, 4) is 6.07 Å². The summed E-state index contributed by atoms with van der Waals surface area (Å²) in [7, 11) is 0. The topological polar surface area (TPSA) is 92.3 Å². The number of dihydropyridines is 1. The Kier molecular flexibility index (Phi) is 5.13. The molecule has 4 rings (SSSR count). The second-order valence-electron chi connectivity index (χ2n) is 7.89. The summed E-state index contributed by atoms with van der Waals surface area (Å²) >= 11 is 0. The van der Waals surface area contributed by atoms with Crippen molar-refractivity contribution in [3.05, 3.63) is 67.9 Å². The molecular weight excluding hydrogens is 406 g/mol. The van der Waals surface area contributed by atoms with Gasteiger partial charge in [0, 0.05) is 23.0 Å². The highest BCUT2D eigenvalue weighted by molar-refractivity contribution is 5.95. The predicted molar refractivity (Wildman–Crippen MR) is 108 cm³/mol. The van der Waals surface area contributed by atoms with E-state index in [1.54, 1.807) is 13.8 Å². The number of nitrogens with zero attached hydrogens (tertiary/aromatic N) is 1. The Morgan fingerprint density at radius 3 is 2.55 bits per heavy atom. The van der Waals surface area contributed by atoms with Crippen LogP contribution in [0.15, 0.2) is 43.9 Å². The van der Waals surface area contributed by atoms with Gasteiger partial charge in [0.1, 0.15) is 22.8 Å². The number of aryl methyl sites for hydroxylation is 1. The summed E-state index contributed by atoms with van der Waals surface area (Å²) in [6.07, 6.45) is 2.24. The number of hydrogen-bond acceptors (Lipinski definition) is 6. The maximum Gasteiger partial charge on any atom is 0.337 e. The van der Waals surface area contributed by atoms with Gasteiger partial charge >= 0.3 is 5.97 Å². The number of nitrogens with one attached hydrogen (secondary N) is 1. The van der Waals surface area contributed by atoms with E-state index in [1.165, 1.54) is 6.92 Å². The van der Waals surface area contributed by atoms with Gasteiger partial charge in [-0.05, 0) is 46.1 Å². The maximum absolute atomic E-state index is 14.6. The molecule has 160 valence electrons. The molecule has 1 aliphatic carbocycles. The first kappa shape index (κ1) is 20.8. The van der Waals surface area contributed by atoms with Crippen LogP contribution < -0.4 is 10.7 Å². The molecule has 1 atom stereocenters. The molecule has 1 saturated carbocycles. The number of nitriles is 1. The van der Waals surface area contributed by atoms with Gasteiger partial charge in [-0.3, -0.25) is 4.79 Å². The summed E-state index contributed by atoms with van der Waals surface area (Å²) in [5.74, 6) is -4.14. The van der Waals surface area contributed by atoms with Crippen molar-refractivity contribution >= 4 is 16.9 Å². The number of benzene rings is 1. The van der Waals surface area contributed by atoms with E-state index in [0.29, 0.717) is 11.4 Å². The van der Waals surface area contributed by atoms with Gasteiger partial charge < -0.3 is 14.5 Å². The van der Waals surface area contributed by atoms with Gasteiger partial charge in [-0.25, -0.2) is 13.6 Å². The van der Waals surface area contributed by atoms with Gasteiger partial charge in [0.25, 0.3) is 0 Å². The molecule has 1 N–H and O–H groups in total. The third-order valence-electron chi connectivity index (χ3n) is 5.78. The summed E-state index contributed by atoms with van der Waals surface area (Å²) in [6.45, 7) is 4.80. The zero-order valence-electron chi connectivity index (χ0n) is 17.3. The first-order valence-electron chi connectivity index (χ1n) is 9.95. The van der Waals surface area contributed by atoms with Crippen LogP contribution >= 0.6 is 0 Å². The molecule has 1 aromatic carbocycles. The number of allylic oxidation sites excluding steroid dienone is 3. The molecule has 1 aromatic heterocycles. The average molecular weight is 426 g/mol. The second-order valence-corrected chi connectivity index (χ2v) is 7.89. The fourth-order valence-corrected chi connectivity index (χ4v) is 4.05. The maximum atomic E-state index is 14.6. The Morgan fingerprint density at radius 1 is 1.23 bits per heavy atom. The van der Waals surface area contributed by atoms with Gasteiger partial charge in [-0.15, -0.1) is 0 Å². The Hall–Kier alpha value is -3.47. The lowest BCUT2D eigenvalue weighted by molar-refractivity contribution is -0.148. The van der Waals surface area contributed by atoms with E-state index in [1.807, 2.05) is 0 Å². The first-order valence-corrected chi connectivity index (χ1v) is 9.95. The standard InChI is InChI=1S/C23H20F2N2O4/c1-10-7-17(28)20-21(25)16(24)8-14(22(20)30-10)19-15(9-26)11(2)27-12(3)18(19)23(29)31-13-5-4-6-13/h7-8,13,19,27H,4-6H2,1-3H3. The van der Waals surface area contributed by atoms with Crippen molar-refractivity contribution in [2.24, 2.45) is 0 Å². The number of carbonyl (C=O) groups is 1. The van der Waals surface area contributed by atoms with Crippen molar-refractivity contribution in [2.75, 3.05) is 0 Å². The lowest BCUT2D eigenvalue weighted by atomic mass is 9.80. The first-order chi connectivity index (χ1) is 14.7. The Morgan fingerprint density at radius 2 is 1.94 bits per heavy atom. The summed E-state index contributed by atoms with van der Waals surface area (Å²) in [5.41, 5.74) is 0.194. The minimum Gasteiger partial charge on any atom is -0.461 e. The van der Waals surface area contributed by atoms with E-state index in [9.17, 15) is 23.6 Å². The molecule has 1 unspecified atom stereocenters. The van der Waals surface area contributed by atoms with Crippen LogP contribution in [0.4, 0.5) is 8.78 Å². The minimum absolute atomic E-state index is 0.0204. The molecule has 2 aromatic rings. The molecule has 0 bridgehead atoms. The molecule has 8 heteroatoms. The highest BCUT2D eigenvalue weighted by Gasteiger charge is 2.38. The SMILES string of the molecule is CC1=C(C#N)C(c2cc(F)c(F)c3c(=O)cc(C)oc23)C(C(=O)OC2CCC2)=C(C)N1. The molecular formula is C23H20F2N2O4.